The molecule has 23 heavy (non-hydrogen) atoms. The average Bonchev–Trinajstić information content (AvgIpc) is 2.90. The Morgan fingerprint density at radius 1 is 1.39 bits per heavy atom. The minimum atomic E-state index is -0.358. The topological polar surface area (TPSA) is 41.9 Å². The summed E-state index contributed by atoms with van der Waals surface area (Å²) in [6.07, 6.45) is 3.70. The molecule has 4 heteroatoms. The third-order valence-corrected chi connectivity index (χ3v) is 6.85. The summed E-state index contributed by atoms with van der Waals surface area (Å²) in [7, 11) is 2.26. The molecule has 1 aromatic carbocycles. The fourth-order valence-corrected chi connectivity index (χ4v) is 5.97. The van der Waals surface area contributed by atoms with Gasteiger partial charge in [0.1, 0.15) is 6.10 Å². The Hall–Kier alpha value is -1.26. The molecule has 1 spiro atoms. The molecule has 1 N–H and O–H groups in total. The SMILES string of the molecule is CCOc1ccc2c3c1O[C@H]1[C@@H](O)CC[C@H]4[C@@H](C2)N(C)CC[C@@]341. The van der Waals surface area contributed by atoms with Crippen LogP contribution in [0.2, 0.25) is 0 Å². The molecule has 2 aliphatic carbocycles. The van der Waals surface area contributed by atoms with Gasteiger partial charge < -0.3 is 19.5 Å². The maximum atomic E-state index is 10.7. The first-order chi connectivity index (χ1) is 11.2. The van der Waals surface area contributed by atoms with Gasteiger partial charge in [0.2, 0.25) is 0 Å². The summed E-state index contributed by atoms with van der Waals surface area (Å²) < 4.78 is 12.3. The molecular formula is C19H25NO3. The molecule has 5 atom stereocenters. The number of benzene rings is 1. The Labute approximate surface area is 137 Å². The van der Waals surface area contributed by atoms with E-state index in [1.165, 1.54) is 11.1 Å². The summed E-state index contributed by atoms with van der Waals surface area (Å²) in [5.74, 6) is 2.39. The van der Waals surface area contributed by atoms with Crippen LogP contribution >= 0.6 is 0 Å². The second-order valence-electron chi connectivity index (χ2n) is 7.69. The summed E-state index contributed by atoms with van der Waals surface area (Å²) in [6, 6.07) is 4.88. The average molecular weight is 315 g/mol. The number of hydrogen-bond acceptors (Lipinski definition) is 4. The Balaban J connectivity index is 1.75. The van der Waals surface area contributed by atoms with Crippen LogP contribution in [0.5, 0.6) is 11.5 Å². The molecule has 124 valence electrons. The Kier molecular flexibility index (Phi) is 2.85. The maximum absolute atomic E-state index is 10.7. The van der Waals surface area contributed by atoms with E-state index >= 15 is 0 Å². The quantitative estimate of drug-likeness (QED) is 0.908. The number of rotatable bonds is 2. The summed E-state index contributed by atoms with van der Waals surface area (Å²) in [5.41, 5.74) is 2.79. The number of aliphatic hydroxyl groups is 1. The van der Waals surface area contributed by atoms with Gasteiger partial charge in [0.25, 0.3) is 0 Å². The van der Waals surface area contributed by atoms with E-state index in [1.807, 2.05) is 6.92 Å². The molecule has 4 nitrogen and oxygen atoms in total. The molecule has 0 amide bonds. The van der Waals surface area contributed by atoms with Crippen LogP contribution in [0.4, 0.5) is 0 Å². The standard InChI is InChI=1S/C19H25NO3/c1-3-22-15-7-4-11-10-13-12-5-6-14(21)18-19(12,8-9-20(13)2)16(11)17(15)23-18/h4,7,12-14,18,21H,3,5-6,8-10H2,1-2H3/t12-,13+,14-,18-,19-/m0/s1. The number of piperidine rings is 1. The molecule has 4 aliphatic rings. The number of aliphatic hydroxyl groups excluding tert-OH is 1. The summed E-state index contributed by atoms with van der Waals surface area (Å²) in [6.45, 7) is 3.74. The lowest BCUT2D eigenvalue weighted by atomic mass is 9.51. The highest BCUT2D eigenvalue weighted by molar-refractivity contribution is 5.61. The molecule has 0 unspecified atom stereocenters. The van der Waals surface area contributed by atoms with Crippen LogP contribution in [0, 0.1) is 5.92 Å². The molecule has 2 fully saturated rings. The monoisotopic (exact) mass is 315 g/mol. The fraction of sp³-hybridized carbons (Fsp3) is 0.684. The Morgan fingerprint density at radius 2 is 2.26 bits per heavy atom. The fourth-order valence-electron chi connectivity index (χ4n) is 5.97. The molecule has 0 radical (unpaired) electrons. The molecular weight excluding hydrogens is 290 g/mol. The number of likely N-dealkylation sites (N-methyl/N-ethyl adjacent to an activating group) is 1. The van der Waals surface area contributed by atoms with E-state index < -0.39 is 0 Å². The van der Waals surface area contributed by atoms with Gasteiger partial charge in [0, 0.05) is 17.0 Å². The predicted molar refractivity (Wildman–Crippen MR) is 87.2 cm³/mol. The highest BCUT2D eigenvalue weighted by atomic mass is 16.5. The minimum absolute atomic E-state index is 0.00483. The zero-order chi connectivity index (χ0) is 15.8. The van der Waals surface area contributed by atoms with Crippen molar-refractivity contribution in [1.29, 1.82) is 0 Å². The van der Waals surface area contributed by atoms with Crippen LogP contribution in [0.25, 0.3) is 0 Å². The van der Waals surface area contributed by atoms with Crippen molar-refractivity contribution in [1.82, 2.24) is 4.90 Å². The number of likely N-dealkylation sites (tertiary alicyclic amines) is 1. The van der Waals surface area contributed by atoms with Gasteiger partial charge in [0.05, 0.1) is 12.7 Å². The van der Waals surface area contributed by atoms with Gasteiger partial charge in [-0.1, -0.05) is 6.07 Å². The van der Waals surface area contributed by atoms with Crippen molar-refractivity contribution in [2.24, 2.45) is 5.92 Å². The molecule has 2 aliphatic heterocycles. The van der Waals surface area contributed by atoms with Crippen molar-refractivity contribution in [3.05, 3.63) is 23.3 Å². The van der Waals surface area contributed by atoms with Crippen LogP contribution in [-0.4, -0.2) is 48.5 Å². The van der Waals surface area contributed by atoms with Gasteiger partial charge in [0.15, 0.2) is 11.5 Å². The molecule has 5 rings (SSSR count). The van der Waals surface area contributed by atoms with Crippen LogP contribution < -0.4 is 9.47 Å². The second-order valence-corrected chi connectivity index (χ2v) is 7.69. The van der Waals surface area contributed by atoms with E-state index in [2.05, 4.69) is 24.1 Å². The second kappa shape index (κ2) is 4.64. The van der Waals surface area contributed by atoms with Gasteiger partial charge >= 0.3 is 0 Å². The predicted octanol–water partition coefficient (Wildman–Crippen LogP) is 2.12. The zero-order valence-electron chi connectivity index (χ0n) is 13.9. The molecule has 1 saturated carbocycles. The third kappa shape index (κ3) is 1.59. The molecule has 1 saturated heterocycles. The van der Waals surface area contributed by atoms with E-state index in [4.69, 9.17) is 9.47 Å². The highest BCUT2D eigenvalue weighted by Crippen LogP contribution is 2.63. The summed E-state index contributed by atoms with van der Waals surface area (Å²) in [5, 5.41) is 10.7. The normalized spacial score (nSPS) is 40.5. The van der Waals surface area contributed by atoms with Crippen molar-refractivity contribution >= 4 is 0 Å². The third-order valence-electron chi connectivity index (χ3n) is 6.85. The maximum Gasteiger partial charge on any atom is 0.165 e. The zero-order valence-corrected chi connectivity index (χ0v) is 13.9. The van der Waals surface area contributed by atoms with Crippen molar-refractivity contribution in [3.63, 3.8) is 0 Å². The minimum Gasteiger partial charge on any atom is -0.490 e. The lowest BCUT2D eigenvalue weighted by molar-refractivity contribution is -0.0993. The van der Waals surface area contributed by atoms with Crippen LogP contribution in [0.15, 0.2) is 12.1 Å². The number of hydrogen-bond donors (Lipinski definition) is 1. The smallest absolute Gasteiger partial charge is 0.165 e. The first-order valence-electron chi connectivity index (χ1n) is 9.01. The lowest BCUT2D eigenvalue weighted by Gasteiger charge is -2.58. The molecule has 2 heterocycles. The molecule has 0 aromatic heterocycles. The number of nitrogens with zero attached hydrogens (tertiary/aromatic N) is 1. The number of ether oxygens (including phenoxy) is 2. The Morgan fingerprint density at radius 3 is 3.09 bits per heavy atom. The van der Waals surface area contributed by atoms with Crippen molar-refractivity contribution in [3.8, 4) is 11.5 Å². The first-order valence-corrected chi connectivity index (χ1v) is 9.01. The lowest BCUT2D eigenvalue weighted by Crippen LogP contribution is -2.66. The summed E-state index contributed by atoms with van der Waals surface area (Å²) >= 11 is 0. The van der Waals surface area contributed by atoms with Crippen LogP contribution in [0.1, 0.15) is 37.3 Å². The van der Waals surface area contributed by atoms with Crippen LogP contribution in [0.3, 0.4) is 0 Å². The van der Waals surface area contributed by atoms with Crippen molar-refractivity contribution < 1.29 is 14.6 Å². The largest absolute Gasteiger partial charge is 0.490 e. The van der Waals surface area contributed by atoms with Gasteiger partial charge in [-0.05, 0) is 63.7 Å². The molecule has 2 bridgehead atoms. The molecule has 1 aromatic rings. The van der Waals surface area contributed by atoms with E-state index in [0.29, 0.717) is 18.6 Å². The van der Waals surface area contributed by atoms with Gasteiger partial charge in [-0.15, -0.1) is 0 Å². The van der Waals surface area contributed by atoms with E-state index in [9.17, 15) is 5.11 Å². The Bertz CT molecular complexity index is 660. The highest BCUT2D eigenvalue weighted by Gasteiger charge is 2.65. The first kappa shape index (κ1) is 14.1. The summed E-state index contributed by atoms with van der Waals surface area (Å²) in [4.78, 5) is 2.53. The van der Waals surface area contributed by atoms with E-state index in [1.54, 1.807) is 0 Å². The van der Waals surface area contributed by atoms with E-state index in [0.717, 1.165) is 43.7 Å². The van der Waals surface area contributed by atoms with Gasteiger partial charge in [-0.3, -0.25) is 0 Å². The van der Waals surface area contributed by atoms with Crippen molar-refractivity contribution in [2.75, 3.05) is 20.2 Å². The van der Waals surface area contributed by atoms with E-state index in [-0.39, 0.29) is 17.6 Å². The van der Waals surface area contributed by atoms with Gasteiger partial charge in [-0.25, -0.2) is 0 Å². The van der Waals surface area contributed by atoms with Gasteiger partial charge in [-0.2, -0.15) is 0 Å². The van der Waals surface area contributed by atoms with Crippen LogP contribution in [-0.2, 0) is 11.8 Å². The van der Waals surface area contributed by atoms with Crippen molar-refractivity contribution in [2.45, 2.75) is 56.3 Å².